The summed E-state index contributed by atoms with van der Waals surface area (Å²) in [6.07, 6.45) is 0.966. The van der Waals surface area contributed by atoms with Crippen LogP contribution in [0.1, 0.15) is 16.8 Å². The van der Waals surface area contributed by atoms with Gasteiger partial charge in [0.05, 0.1) is 11.5 Å². The van der Waals surface area contributed by atoms with Crippen molar-refractivity contribution in [1.82, 2.24) is 0 Å². The zero-order valence-electron chi connectivity index (χ0n) is 11.1. The largest absolute Gasteiger partial charge is 0.477 e. The van der Waals surface area contributed by atoms with E-state index in [1.807, 2.05) is 4.90 Å². The summed E-state index contributed by atoms with van der Waals surface area (Å²) in [4.78, 5) is 23.3. The molecule has 0 saturated carbocycles. The molecule has 1 fully saturated rings. The number of anilines is 1. The van der Waals surface area contributed by atoms with Crippen molar-refractivity contribution in [3.8, 4) is 0 Å². The Balaban J connectivity index is 2.24. The Kier molecular flexibility index (Phi) is 4.19. The molecule has 0 aliphatic carbocycles. The zero-order chi connectivity index (χ0) is 14.7. The second-order valence-corrected chi connectivity index (χ2v) is 4.82. The van der Waals surface area contributed by atoms with Crippen LogP contribution in [0.25, 0.3) is 0 Å². The van der Waals surface area contributed by atoms with Gasteiger partial charge < -0.3 is 14.7 Å². The number of hydrogen-bond acceptors (Lipinski definition) is 5. The highest BCUT2D eigenvalue weighted by Gasteiger charge is 2.26. The summed E-state index contributed by atoms with van der Waals surface area (Å²) in [5.74, 6) is -0.880. The summed E-state index contributed by atoms with van der Waals surface area (Å²) in [5.41, 5.74) is 0.0446. The highest BCUT2D eigenvalue weighted by Crippen LogP contribution is 2.29. The lowest BCUT2D eigenvalue weighted by atomic mass is 10.1. The third kappa shape index (κ3) is 2.88. The molecule has 7 nitrogen and oxygen atoms in total. The molecule has 1 saturated heterocycles. The Morgan fingerprint density at radius 1 is 1.60 bits per heavy atom. The summed E-state index contributed by atoms with van der Waals surface area (Å²) in [6, 6.07) is 4.22. The fourth-order valence-electron chi connectivity index (χ4n) is 2.49. The van der Waals surface area contributed by atoms with Crippen molar-refractivity contribution in [1.29, 1.82) is 0 Å². The van der Waals surface area contributed by atoms with E-state index in [1.54, 1.807) is 13.2 Å². The minimum Gasteiger partial charge on any atom is -0.477 e. The summed E-state index contributed by atoms with van der Waals surface area (Å²) in [5, 5.41) is 19.9. The summed E-state index contributed by atoms with van der Waals surface area (Å²) >= 11 is 0. The van der Waals surface area contributed by atoms with Crippen LogP contribution in [0.2, 0.25) is 0 Å². The molecule has 0 spiro atoms. The van der Waals surface area contributed by atoms with Gasteiger partial charge in [0.1, 0.15) is 5.56 Å². The number of hydrogen-bond donors (Lipinski definition) is 1. The normalized spacial score (nSPS) is 18.2. The van der Waals surface area contributed by atoms with Crippen molar-refractivity contribution < 1.29 is 19.6 Å². The van der Waals surface area contributed by atoms with Crippen LogP contribution in [-0.4, -0.2) is 42.8 Å². The van der Waals surface area contributed by atoms with Crippen LogP contribution in [0.3, 0.4) is 0 Å². The molecule has 1 N–H and O–H groups in total. The van der Waals surface area contributed by atoms with Crippen LogP contribution in [0.4, 0.5) is 11.4 Å². The van der Waals surface area contributed by atoms with E-state index in [0.29, 0.717) is 18.2 Å². The maximum absolute atomic E-state index is 11.1. The lowest BCUT2D eigenvalue weighted by Crippen LogP contribution is -2.21. The van der Waals surface area contributed by atoms with Gasteiger partial charge in [0.2, 0.25) is 0 Å². The van der Waals surface area contributed by atoms with Gasteiger partial charge >= 0.3 is 5.97 Å². The van der Waals surface area contributed by atoms with Gasteiger partial charge in [0, 0.05) is 37.9 Å². The van der Waals surface area contributed by atoms with Crippen LogP contribution in [0.15, 0.2) is 18.2 Å². The fourth-order valence-corrected chi connectivity index (χ4v) is 2.49. The Labute approximate surface area is 115 Å². The number of carbonyl (C=O) groups is 1. The number of rotatable bonds is 5. The van der Waals surface area contributed by atoms with Crippen molar-refractivity contribution in [2.75, 3.05) is 31.7 Å². The van der Waals surface area contributed by atoms with Crippen molar-refractivity contribution in [3.05, 3.63) is 33.9 Å². The first-order chi connectivity index (χ1) is 9.52. The van der Waals surface area contributed by atoms with Gasteiger partial charge in [0.15, 0.2) is 0 Å². The first-order valence-corrected chi connectivity index (χ1v) is 6.28. The zero-order valence-corrected chi connectivity index (χ0v) is 11.1. The number of methoxy groups -OCH3 is 1. The summed E-state index contributed by atoms with van der Waals surface area (Å²) in [6.45, 7) is 2.23. The number of carboxylic acids is 1. The monoisotopic (exact) mass is 280 g/mol. The molecular formula is C13H16N2O5. The maximum Gasteiger partial charge on any atom is 0.342 e. The molecule has 2 rings (SSSR count). The van der Waals surface area contributed by atoms with E-state index in [0.717, 1.165) is 19.5 Å². The quantitative estimate of drug-likeness (QED) is 0.652. The number of carboxylic acid groups (broad SMARTS) is 1. The fraction of sp³-hybridized carbons (Fsp3) is 0.462. The van der Waals surface area contributed by atoms with Crippen molar-refractivity contribution in [2.45, 2.75) is 6.42 Å². The van der Waals surface area contributed by atoms with Gasteiger partial charge in [-0.3, -0.25) is 10.1 Å². The van der Waals surface area contributed by atoms with Gasteiger partial charge in [-0.1, -0.05) is 0 Å². The highest BCUT2D eigenvalue weighted by molar-refractivity contribution is 5.93. The number of nitro groups is 1. The molecule has 0 bridgehead atoms. The van der Waals surface area contributed by atoms with Crippen LogP contribution < -0.4 is 4.90 Å². The maximum atomic E-state index is 11.1. The van der Waals surface area contributed by atoms with E-state index in [2.05, 4.69) is 0 Å². The van der Waals surface area contributed by atoms with Crippen LogP contribution in [0, 0.1) is 16.0 Å². The molecule has 0 radical (unpaired) electrons. The molecule has 1 aliphatic rings. The SMILES string of the molecule is COCC1CCN(c2ccc([N+](=O)[O-])c(C(=O)O)c2)C1. The predicted octanol–water partition coefficient (Wildman–Crippen LogP) is 1.77. The van der Waals surface area contributed by atoms with Crippen LogP contribution in [-0.2, 0) is 4.74 Å². The van der Waals surface area contributed by atoms with Crippen molar-refractivity contribution in [3.63, 3.8) is 0 Å². The molecule has 1 aromatic rings. The van der Waals surface area contributed by atoms with E-state index < -0.39 is 10.9 Å². The summed E-state index contributed by atoms with van der Waals surface area (Å²) in [7, 11) is 1.65. The second-order valence-electron chi connectivity index (χ2n) is 4.82. The lowest BCUT2D eigenvalue weighted by molar-refractivity contribution is -0.385. The molecule has 1 atom stereocenters. The average molecular weight is 280 g/mol. The standard InChI is InChI=1S/C13H16N2O5/c1-20-8-9-4-5-14(7-9)10-2-3-12(15(18)19)11(6-10)13(16)17/h2-3,6,9H,4-5,7-8H2,1H3,(H,16,17). The van der Waals surface area contributed by atoms with Gasteiger partial charge in [-0.2, -0.15) is 0 Å². The molecule has 1 aliphatic heterocycles. The minimum absolute atomic E-state index is 0.275. The van der Waals surface area contributed by atoms with Gasteiger partial charge in [0.25, 0.3) is 5.69 Å². The molecule has 1 heterocycles. The molecule has 7 heteroatoms. The molecule has 1 aromatic carbocycles. The molecule has 1 unspecified atom stereocenters. The molecule has 108 valence electrons. The molecular weight excluding hydrogens is 264 g/mol. The minimum atomic E-state index is -1.29. The van der Waals surface area contributed by atoms with Crippen molar-refractivity contribution in [2.24, 2.45) is 5.92 Å². The predicted molar refractivity (Wildman–Crippen MR) is 72.3 cm³/mol. The van der Waals surface area contributed by atoms with E-state index in [9.17, 15) is 14.9 Å². The lowest BCUT2D eigenvalue weighted by Gasteiger charge is -2.19. The van der Waals surface area contributed by atoms with Gasteiger partial charge in [-0.05, 0) is 18.6 Å². The van der Waals surface area contributed by atoms with E-state index in [-0.39, 0.29) is 11.3 Å². The highest BCUT2D eigenvalue weighted by atomic mass is 16.6. The van der Waals surface area contributed by atoms with E-state index >= 15 is 0 Å². The van der Waals surface area contributed by atoms with E-state index in [4.69, 9.17) is 9.84 Å². The van der Waals surface area contributed by atoms with Crippen molar-refractivity contribution >= 4 is 17.3 Å². The van der Waals surface area contributed by atoms with Gasteiger partial charge in [-0.25, -0.2) is 4.79 Å². The smallest absolute Gasteiger partial charge is 0.342 e. The Morgan fingerprint density at radius 2 is 2.35 bits per heavy atom. The van der Waals surface area contributed by atoms with E-state index in [1.165, 1.54) is 12.1 Å². The molecule has 0 aromatic heterocycles. The third-order valence-electron chi connectivity index (χ3n) is 3.46. The topological polar surface area (TPSA) is 92.9 Å². The average Bonchev–Trinajstić information content (AvgIpc) is 2.87. The number of benzene rings is 1. The first-order valence-electron chi connectivity index (χ1n) is 6.28. The number of ether oxygens (including phenoxy) is 1. The van der Waals surface area contributed by atoms with Gasteiger partial charge in [-0.15, -0.1) is 0 Å². The van der Waals surface area contributed by atoms with Crippen LogP contribution in [0.5, 0.6) is 0 Å². The number of nitro benzene ring substituents is 1. The Morgan fingerprint density at radius 3 is 2.95 bits per heavy atom. The molecule has 0 amide bonds. The molecule has 20 heavy (non-hydrogen) atoms. The summed E-state index contributed by atoms with van der Waals surface area (Å²) < 4.78 is 5.11. The third-order valence-corrected chi connectivity index (χ3v) is 3.46. The Hall–Kier alpha value is -2.15. The second kappa shape index (κ2) is 5.87. The first kappa shape index (κ1) is 14.3. The Bertz CT molecular complexity index is 531. The number of aromatic carboxylic acids is 1. The van der Waals surface area contributed by atoms with Crippen LogP contribution >= 0.6 is 0 Å². The number of nitrogens with zero attached hydrogens (tertiary/aromatic N) is 2.